The largest absolute Gasteiger partial charge is 0.445 e. The molecule has 2 unspecified atom stereocenters. The number of nitrogens with one attached hydrogen (secondary N) is 2. The number of ether oxygens (including phenoxy) is 1. The van der Waals surface area contributed by atoms with Gasteiger partial charge < -0.3 is 15.4 Å². The zero-order valence-corrected chi connectivity index (χ0v) is 11.9. The molecule has 1 spiro atoms. The zero-order chi connectivity index (χ0) is 14.7. The number of hydrogen-bond acceptors (Lipinski definition) is 3. The first-order valence-electron chi connectivity index (χ1n) is 7.39. The number of hydrogen-bond donors (Lipinski definition) is 2. The smallest absolute Gasteiger partial charge is 0.407 e. The predicted molar refractivity (Wildman–Crippen MR) is 77.5 cm³/mol. The van der Waals surface area contributed by atoms with E-state index in [9.17, 15) is 9.59 Å². The van der Waals surface area contributed by atoms with Gasteiger partial charge in [-0.1, -0.05) is 30.3 Å². The number of alkyl carbamates (subject to hydrolysis) is 1. The van der Waals surface area contributed by atoms with Gasteiger partial charge in [-0.2, -0.15) is 0 Å². The Hall–Kier alpha value is -2.04. The molecule has 1 saturated heterocycles. The summed E-state index contributed by atoms with van der Waals surface area (Å²) in [5.74, 6) is 0.127. The maximum Gasteiger partial charge on any atom is 0.407 e. The van der Waals surface area contributed by atoms with Crippen LogP contribution >= 0.6 is 0 Å². The Morgan fingerprint density at radius 1 is 1.38 bits per heavy atom. The molecular weight excluding hydrogens is 268 g/mol. The van der Waals surface area contributed by atoms with Gasteiger partial charge >= 0.3 is 6.09 Å². The highest BCUT2D eigenvalue weighted by atomic mass is 16.5. The van der Waals surface area contributed by atoms with Crippen LogP contribution in [-0.4, -0.2) is 24.6 Å². The summed E-state index contributed by atoms with van der Waals surface area (Å²) >= 11 is 0. The van der Waals surface area contributed by atoms with Crippen LogP contribution in [0.15, 0.2) is 30.3 Å². The topological polar surface area (TPSA) is 67.4 Å². The maximum atomic E-state index is 11.8. The fourth-order valence-corrected chi connectivity index (χ4v) is 3.33. The molecule has 2 aliphatic rings. The second kappa shape index (κ2) is 5.76. The molecule has 1 aromatic rings. The average Bonchev–Trinajstić information content (AvgIpc) is 3.04. The lowest BCUT2D eigenvalue weighted by Crippen LogP contribution is -2.34. The summed E-state index contributed by atoms with van der Waals surface area (Å²) in [6.07, 6.45) is 2.96. The van der Waals surface area contributed by atoms with Crippen molar-refractivity contribution in [3.05, 3.63) is 35.9 Å². The van der Waals surface area contributed by atoms with Gasteiger partial charge in [0.1, 0.15) is 6.61 Å². The van der Waals surface area contributed by atoms with E-state index < -0.39 is 0 Å². The molecule has 5 nitrogen and oxygen atoms in total. The minimum absolute atomic E-state index is 0.0501. The highest BCUT2D eigenvalue weighted by Gasteiger charge is 2.44. The number of carbonyl (C=O) groups excluding carboxylic acids is 2. The summed E-state index contributed by atoms with van der Waals surface area (Å²) in [5.41, 5.74) is 1.02. The Morgan fingerprint density at radius 3 is 2.90 bits per heavy atom. The van der Waals surface area contributed by atoms with Crippen molar-refractivity contribution in [2.45, 2.75) is 38.3 Å². The average molecular weight is 288 g/mol. The molecule has 0 radical (unpaired) electrons. The van der Waals surface area contributed by atoms with Crippen molar-refractivity contribution in [3.63, 3.8) is 0 Å². The first-order chi connectivity index (χ1) is 10.2. The van der Waals surface area contributed by atoms with Crippen LogP contribution in [0.3, 0.4) is 0 Å². The van der Waals surface area contributed by atoms with Gasteiger partial charge in [-0.25, -0.2) is 4.79 Å². The molecule has 2 N–H and O–H groups in total. The van der Waals surface area contributed by atoms with Gasteiger partial charge in [0.25, 0.3) is 0 Å². The third-order valence-corrected chi connectivity index (χ3v) is 4.43. The molecule has 1 saturated carbocycles. The first-order valence-corrected chi connectivity index (χ1v) is 7.39. The predicted octanol–water partition coefficient (Wildman–Crippen LogP) is 1.97. The summed E-state index contributed by atoms with van der Waals surface area (Å²) in [7, 11) is 0. The van der Waals surface area contributed by atoms with Crippen LogP contribution in [0.25, 0.3) is 0 Å². The van der Waals surface area contributed by atoms with Crippen LogP contribution in [-0.2, 0) is 16.1 Å². The van der Waals surface area contributed by atoms with Crippen molar-refractivity contribution >= 4 is 12.0 Å². The summed E-state index contributed by atoms with van der Waals surface area (Å²) < 4.78 is 5.23. The number of carbonyl (C=O) groups is 2. The quantitative estimate of drug-likeness (QED) is 0.893. The van der Waals surface area contributed by atoms with Crippen molar-refractivity contribution in [3.8, 4) is 0 Å². The standard InChI is InChI=1S/C16H20N2O3/c19-14-9-16(11-17-14)7-6-13(8-16)18-15(20)21-10-12-4-2-1-3-5-12/h1-5,13H,6-11H2,(H,17,19)(H,18,20). The SMILES string of the molecule is O=C1CC2(CCC(NC(=O)OCc3ccccc3)C2)CN1. The number of amides is 2. The fourth-order valence-electron chi connectivity index (χ4n) is 3.33. The lowest BCUT2D eigenvalue weighted by atomic mass is 9.85. The molecule has 1 aliphatic heterocycles. The van der Waals surface area contributed by atoms with E-state index in [1.165, 1.54) is 0 Å². The first kappa shape index (κ1) is 13.9. The lowest BCUT2D eigenvalue weighted by molar-refractivity contribution is -0.119. The molecule has 1 aromatic carbocycles. The van der Waals surface area contributed by atoms with E-state index in [2.05, 4.69) is 10.6 Å². The lowest BCUT2D eigenvalue weighted by Gasteiger charge is -2.20. The van der Waals surface area contributed by atoms with Crippen molar-refractivity contribution in [1.82, 2.24) is 10.6 Å². The number of benzene rings is 1. The fraction of sp³-hybridized carbons (Fsp3) is 0.500. The van der Waals surface area contributed by atoms with Crippen molar-refractivity contribution in [2.75, 3.05) is 6.54 Å². The molecule has 1 heterocycles. The van der Waals surface area contributed by atoms with Crippen LogP contribution in [0, 0.1) is 5.41 Å². The Labute approximate surface area is 124 Å². The van der Waals surface area contributed by atoms with Gasteiger partial charge in [0, 0.05) is 19.0 Å². The van der Waals surface area contributed by atoms with Crippen molar-refractivity contribution < 1.29 is 14.3 Å². The molecule has 0 aromatic heterocycles. The van der Waals surface area contributed by atoms with Crippen LogP contribution in [0.5, 0.6) is 0 Å². The summed E-state index contributed by atoms with van der Waals surface area (Å²) in [6.45, 7) is 1.02. The van der Waals surface area contributed by atoms with Crippen molar-refractivity contribution in [2.24, 2.45) is 5.41 Å². The van der Waals surface area contributed by atoms with Crippen LogP contribution < -0.4 is 10.6 Å². The van der Waals surface area contributed by atoms with Gasteiger partial charge in [0.2, 0.25) is 5.91 Å². The van der Waals surface area contributed by atoms with Crippen molar-refractivity contribution in [1.29, 1.82) is 0 Å². The van der Waals surface area contributed by atoms with Gasteiger partial charge in [-0.05, 0) is 30.2 Å². The minimum Gasteiger partial charge on any atom is -0.445 e. The van der Waals surface area contributed by atoms with E-state index >= 15 is 0 Å². The Balaban J connectivity index is 1.45. The molecule has 2 atom stereocenters. The van der Waals surface area contributed by atoms with E-state index in [1.54, 1.807) is 0 Å². The maximum absolute atomic E-state index is 11.8. The highest BCUT2D eigenvalue weighted by Crippen LogP contribution is 2.43. The molecule has 21 heavy (non-hydrogen) atoms. The highest BCUT2D eigenvalue weighted by molar-refractivity contribution is 5.79. The van der Waals surface area contributed by atoms with Gasteiger partial charge in [0.15, 0.2) is 0 Å². The van der Waals surface area contributed by atoms with Crippen LogP contribution in [0.4, 0.5) is 4.79 Å². The third kappa shape index (κ3) is 3.35. The van der Waals surface area contributed by atoms with E-state index in [0.29, 0.717) is 6.42 Å². The second-order valence-corrected chi connectivity index (χ2v) is 6.10. The van der Waals surface area contributed by atoms with E-state index in [1.807, 2.05) is 30.3 Å². The summed E-state index contributed by atoms with van der Waals surface area (Å²) in [6, 6.07) is 9.73. The monoisotopic (exact) mass is 288 g/mol. The summed E-state index contributed by atoms with van der Waals surface area (Å²) in [4.78, 5) is 23.2. The van der Waals surface area contributed by atoms with E-state index in [0.717, 1.165) is 31.4 Å². The van der Waals surface area contributed by atoms with E-state index in [4.69, 9.17) is 4.74 Å². The molecule has 0 bridgehead atoms. The summed E-state index contributed by atoms with van der Waals surface area (Å²) in [5, 5.41) is 5.80. The van der Waals surface area contributed by atoms with E-state index in [-0.39, 0.29) is 30.1 Å². The molecule has 5 heteroatoms. The van der Waals surface area contributed by atoms with Gasteiger partial charge in [-0.3, -0.25) is 4.79 Å². The Bertz CT molecular complexity index is 532. The van der Waals surface area contributed by atoms with Crippen LogP contribution in [0.2, 0.25) is 0 Å². The minimum atomic E-state index is -0.377. The van der Waals surface area contributed by atoms with Crippen LogP contribution in [0.1, 0.15) is 31.2 Å². The molecule has 112 valence electrons. The molecule has 2 fully saturated rings. The Kier molecular flexibility index (Phi) is 3.82. The molecular formula is C16H20N2O3. The molecule has 2 amide bonds. The van der Waals surface area contributed by atoms with Gasteiger partial charge in [-0.15, -0.1) is 0 Å². The van der Waals surface area contributed by atoms with Gasteiger partial charge in [0.05, 0.1) is 0 Å². The zero-order valence-electron chi connectivity index (χ0n) is 11.9. The Morgan fingerprint density at radius 2 is 2.19 bits per heavy atom. The second-order valence-electron chi connectivity index (χ2n) is 6.10. The normalized spacial score (nSPS) is 27.6. The molecule has 3 rings (SSSR count). The number of rotatable bonds is 3. The molecule has 1 aliphatic carbocycles. The third-order valence-electron chi connectivity index (χ3n) is 4.43.